The summed E-state index contributed by atoms with van der Waals surface area (Å²) in [5.74, 6) is -3.67. The van der Waals surface area contributed by atoms with Gasteiger partial charge in [0.1, 0.15) is 18.3 Å². The van der Waals surface area contributed by atoms with Crippen LogP contribution in [0.5, 0.6) is 0 Å². The Balaban J connectivity index is 3.47. The van der Waals surface area contributed by atoms with Crippen LogP contribution in [0.1, 0.15) is 13.3 Å². The van der Waals surface area contributed by atoms with Crippen LogP contribution in [0.2, 0.25) is 0 Å². The molecule has 1 aliphatic rings. The number of likely N-dealkylation sites (N-methyl/N-ethyl adjacent to an activating group) is 1. The standard InChI is InChI=1S/C20H35NO11/c1-12(22)31-11-15(23)21(2)16-13(26-4)9-20(30-8,19(24)29-7)32-18(16)17(28-6)14(27-5)10-25-3/h13-14,16-18H,9-11H2,1-8H3/t13-,14-,16+,17-,18+,20?/m0/s1. The molecule has 0 aromatic rings. The molecule has 12 heteroatoms. The summed E-state index contributed by atoms with van der Waals surface area (Å²) in [6.45, 7) is 0.875. The molecule has 1 amide bonds. The first kappa shape index (κ1) is 28.2. The highest BCUT2D eigenvalue weighted by Crippen LogP contribution is 2.37. The summed E-state index contributed by atoms with van der Waals surface area (Å²) in [5, 5.41) is 0. The van der Waals surface area contributed by atoms with Crippen LogP contribution in [-0.2, 0) is 52.3 Å². The number of hydrogen-bond acceptors (Lipinski definition) is 11. The Labute approximate surface area is 188 Å². The van der Waals surface area contributed by atoms with Crippen molar-refractivity contribution in [1.82, 2.24) is 4.90 Å². The van der Waals surface area contributed by atoms with Crippen LogP contribution in [0, 0.1) is 0 Å². The monoisotopic (exact) mass is 465 g/mol. The fourth-order valence-electron chi connectivity index (χ4n) is 3.78. The maximum atomic E-state index is 12.8. The molecule has 0 aromatic carbocycles. The molecule has 6 atom stereocenters. The number of carbonyl (C=O) groups excluding carboxylic acids is 3. The highest BCUT2D eigenvalue weighted by atomic mass is 16.7. The maximum Gasteiger partial charge on any atom is 0.366 e. The summed E-state index contributed by atoms with van der Waals surface area (Å²) >= 11 is 0. The molecular formula is C20H35NO11. The zero-order chi connectivity index (χ0) is 24.5. The third-order valence-electron chi connectivity index (χ3n) is 5.48. The van der Waals surface area contributed by atoms with Gasteiger partial charge in [-0.05, 0) is 0 Å². The normalized spacial score (nSPS) is 27.3. The molecular weight excluding hydrogens is 430 g/mol. The van der Waals surface area contributed by atoms with E-state index in [1.807, 2.05) is 0 Å². The molecule has 0 aromatic heterocycles. The lowest BCUT2D eigenvalue weighted by atomic mass is 9.87. The Kier molecular flexibility index (Phi) is 11.5. The van der Waals surface area contributed by atoms with E-state index in [1.54, 1.807) is 0 Å². The Bertz CT molecular complexity index is 631. The summed E-state index contributed by atoms with van der Waals surface area (Å²) in [4.78, 5) is 37.9. The van der Waals surface area contributed by atoms with Gasteiger partial charge in [-0.2, -0.15) is 0 Å². The fraction of sp³-hybridized carbons (Fsp3) is 0.850. The van der Waals surface area contributed by atoms with Crippen molar-refractivity contribution in [1.29, 1.82) is 0 Å². The van der Waals surface area contributed by atoms with Crippen molar-refractivity contribution < 1.29 is 52.3 Å². The van der Waals surface area contributed by atoms with Gasteiger partial charge in [-0.1, -0.05) is 0 Å². The van der Waals surface area contributed by atoms with Crippen LogP contribution < -0.4 is 0 Å². The van der Waals surface area contributed by atoms with E-state index in [2.05, 4.69) is 0 Å². The Morgan fingerprint density at radius 3 is 2.19 bits per heavy atom. The van der Waals surface area contributed by atoms with E-state index >= 15 is 0 Å². The number of hydrogen-bond donors (Lipinski definition) is 0. The largest absolute Gasteiger partial charge is 0.465 e. The minimum Gasteiger partial charge on any atom is -0.465 e. The first-order valence-corrected chi connectivity index (χ1v) is 9.93. The molecule has 0 radical (unpaired) electrons. The van der Waals surface area contributed by atoms with Gasteiger partial charge in [0.15, 0.2) is 6.61 Å². The number of esters is 2. The summed E-state index contributed by atoms with van der Waals surface area (Å²) in [7, 11) is 9.88. The predicted molar refractivity (Wildman–Crippen MR) is 109 cm³/mol. The van der Waals surface area contributed by atoms with E-state index in [1.165, 1.54) is 61.5 Å². The van der Waals surface area contributed by atoms with Crippen molar-refractivity contribution in [2.24, 2.45) is 0 Å². The molecule has 1 saturated heterocycles. The third kappa shape index (κ3) is 6.36. The number of methoxy groups -OCH3 is 6. The zero-order valence-corrected chi connectivity index (χ0v) is 19.9. The second kappa shape index (κ2) is 13.0. The smallest absolute Gasteiger partial charge is 0.366 e. The minimum absolute atomic E-state index is 0.0720. The second-order valence-electron chi connectivity index (χ2n) is 7.21. The van der Waals surface area contributed by atoms with E-state index in [-0.39, 0.29) is 13.0 Å². The van der Waals surface area contributed by atoms with Crippen LogP contribution in [0.4, 0.5) is 0 Å². The molecule has 1 heterocycles. The van der Waals surface area contributed by atoms with E-state index in [4.69, 9.17) is 37.9 Å². The Hall–Kier alpha value is -1.83. The van der Waals surface area contributed by atoms with Crippen LogP contribution in [0.15, 0.2) is 0 Å². The quantitative estimate of drug-likeness (QED) is 0.342. The first-order valence-electron chi connectivity index (χ1n) is 9.93. The summed E-state index contributed by atoms with van der Waals surface area (Å²) < 4.78 is 43.4. The molecule has 32 heavy (non-hydrogen) atoms. The van der Waals surface area contributed by atoms with Gasteiger partial charge in [0.25, 0.3) is 11.7 Å². The van der Waals surface area contributed by atoms with Gasteiger partial charge >= 0.3 is 11.9 Å². The van der Waals surface area contributed by atoms with E-state index < -0.39 is 60.7 Å². The van der Waals surface area contributed by atoms with E-state index in [9.17, 15) is 14.4 Å². The molecule has 0 N–H and O–H groups in total. The highest BCUT2D eigenvalue weighted by molar-refractivity contribution is 5.81. The topological polar surface area (TPSA) is 128 Å². The molecule has 0 spiro atoms. The van der Waals surface area contributed by atoms with Crippen molar-refractivity contribution in [3.63, 3.8) is 0 Å². The van der Waals surface area contributed by atoms with Crippen LogP contribution >= 0.6 is 0 Å². The zero-order valence-electron chi connectivity index (χ0n) is 19.9. The number of rotatable bonds is 12. The molecule has 186 valence electrons. The lowest BCUT2D eigenvalue weighted by Crippen LogP contribution is -2.69. The van der Waals surface area contributed by atoms with E-state index in [0.29, 0.717) is 0 Å². The van der Waals surface area contributed by atoms with Crippen molar-refractivity contribution in [3.8, 4) is 0 Å². The lowest BCUT2D eigenvalue weighted by Gasteiger charge is -2.50. The molecule has 1 rings (SSSR count). The fourth-order valence-corrected chi connectivity index (χ4v) is 3.78. The molecule has 1 unspecified atom stereocenters. The van der Waals surface area contributed by atoms with Gasteiger partial charge in [0.2, 0.25) is 0 Å². The SMILES string of the molecule is COC[C@H](OC)[C@H](OC)[C@@H]1OC(OC)(C(=O)OC)C[C@H](OC)[C@H]1N(C)C(=O)COC(C)=O. The average molecular weight is 465 g/mol. The maximum absolute atomic E-state index is 12.8. The van der Waals surface area contributed by atoms with Gasteiger partial charge in [-0.25, -0.2) is 4.79 Å². The van der Waals surface area contributed by atoms with Gasteiger partial charge in [0.05, 0.1) is 25.9 Å². The van der Waals surface area contributed by atoms with Crippen LogP contribution in [-0.4, -0.2) is 122 Å². The van der Waals surface area contributed by atoms with Gasteiger partial charge in [0, 0.05) is 55.9 Å². The first-order chi connectivity index (χ1) is 15.2. The van der Waals surface area contributed by atoms with Crippen molar-refractivity contribution in [2.75, 3.05) is 62.9 Å². The second-order valence-corrected chi connectivity index (χ2v) is 7.21. The molecule has 1 fully saturated rings. The van der Waals surface area contributed by atoms with Crippen molar-refractivity contribution >= 4 is 17.8 Å². The third-order valence-corrected chi connectivity index (χ3v) is 5.48. The van der Waals surface area contributed by atoms with E-state index in [0.717, 1.165) is 0 Å². The van der Waals surface area contributed by atoms with Gasteiger partial charge in [-0.3, -0.25) is 9.59 Å². The Morgan fingerprint density at radius 1 is 1.09 bits per heavy atom. The average Bonchev–Trinajstić information content (AvgIpc) is 2.80. The summed E-state index contributed by atoms with van der Waals surface area (Å²) in [6.07, 6.45) is -3.23. The summed E-state index contributed by atoms with van der Waals surface area (Å²) in [6, 6.07) is -0.768. The van der Waals surface area contributed by atoms with Gasteiger partial charge in [-0.15, -0.1) is 0 Å². The Morgan fingerprint density at radius 2 is 1.75 bits per heavy atom. The van der Waals surface area contributed by atoms with Crippen molar-refractivity contribution in [3.05, 3.63) is 0 Å². The number of nitrogens with zero attached hydrogens (tertiary/aromatic N) is 1. The van der Waals surface area contributed by atoms with Crippen LogP contribution in [0.3, 0.4) is 0 Å². The van der Waals surface area contributed by atoms with Gasteiger partial charge < -0.3 is 42.8 Å². The number of amides is 1. The van der Waals surface area contributed by atoms with Crippen molar-refractivity contribution in [2.45, 2.75) is 49.6 Å². The number of carbonyl (C=O) groups is 3. The lowest BCUT2D eigenvalue weighted by molar-refractivity contribution is -0.316. The minimum atomic E-state index is -1.81. The molecule has 12 nitrogen and oxygen atoms in total. The highest BCUT2D eigenvalue weighted by Gasteiger charge is 2.58. The summed E-state index contributed by atoms with van der Waals surface area (Å²) in [5.41, 5.74) is 0. The predicted octanol–water partition coefficient (Wildman–Crippen LogP) is -0.627. The number of ether oxygens (including phenoxy) is 8. The molecule has 0 aliphatic carbocycles. The molecule has 0 saturated carbocycles. The molecule has 1 aliphatic heterocycles. The molecule has 0 bridgehead atoms. The van der Waals surface area contributed by atoms with Crippen LogP contribution in [0.25, 0.3) is 0 Å².